The highest BCUT2D eigenvalue weighted by Gasteiger charge is 2.56. The molecule has 11 heteroatoms. The number of nitrogens with zero attached hydrogens (tertiary/aromatic N) is 2. The summed E-state index contributed by atoms with van der Waals surface area (Å²) in [5.41, 5.74) is -4.40. The highest BCUT2D eigenvalue weighted by atomic mass is 32.2. The predicted octanol–water partition coefficient (Wildman–Crippen LogP) is 2.28. The van der Waals surface area contributed by atoms with E-state index in [-0.39, 0.29) is 8.62 Å². The zero-order valence-electron chi connectivity index (χ0n) is 11.2. The lowest BCUT2D eigenvalue weighted by atomic mass is 10.1. The van der Waals surface area contributed by atoms with E-state index >= 15 is 0 Å². The highest BCUT2D eigenvalue weighted by molar-refractivity contribution is 7.91. The molecule has 0 radical (unpaired) electrons. The van der Waals surface area contributed by atoms with Gasteiger partial charge in [0.1, 0.15) is 9.92 Å². The van der Waals surface area contributed by atoms with Crippen molar-refractivity contribution in [3.05, 3.63) is 17.0 Å². The second-order valence-corrected chi connectivity index (χ2v) is 7.73. The van der Waals surface area contributed by atoms with Gasteiger partial charge in [-0.25, -0.2) is 17.6 Å². The van der Waals surface area contributed by atoms with Crippen molar-refractivity contribution >= 4 is 27.1 Å². The summed E-state index contributed by atoms with van der Waals surface area (Å²) in [6, 6.07) is 2.65. The molecule has 0 saturated heterocycles. The Hall–Kier alpha value is -1.20. The lowest BCUT2D eigenvalue weighted by molar-refractivity contribution is -0.150. The SMILES string of the molecule is CCc1ccc(S(=O)(=O)N2N=C(C(F)F)C[C@@]2(O)C(F)F)s1. The van der Waals surface area contributed by atoms with Crippen molar-refractivity contribution in [2.45, 2.75) is 42.6 Å². The molecule has 0 saturated carbocycles. The average Bonchev–Trinajstić information content (AvgIpc) is 3.04. The lowest BCUT2D eigenvalue weighted by Gasteiger charge is -2.30. The summed E-state index contributed by atoms with van der Waals surface area (Å²) in [5.74, 6) is 0. The van der Waals surface area contributed by atoms with E-state index in [4.69, 9.17) is 0 Å². The Labute approximate surface area is 127 Å². The summed E-state index contributed by atoms with van der Waals surface area (Å²) in [4.78, 5) is 0.663. The first-order valence-electron chi connectivity index (χ1n) is 6.13. The van der Waals surface area contributed by atoms with Crippen molar-refractivity contribution in [1.82, 2.24) is 4.41 Å². The third-order valence-electron chi connectivity index (χ3n) is 3.06. The molecule has 124 valence electrons. The van der Waals surface area contributed by atoms with Crippen LogP contribution < -0.4 is 0 Å². The van der Waals surface area contributed by atoms with Crippen LogP contribution in [0.2, 0.25) is 0 Å². The number of alkyl halides is 4. The van der Waals surface area contributed by atoms with Gasteiger partial charge in [-0.3, -0.25) is 0 Å². The number of aryl methyl sites for hydroxylation is 1. The van der Waals surface area contributed by atoms with Gasteiger partial charge in [0, 0.05) is 11.3 Å². The van der Waals surface area contributed by atoms with E-state index in [1.807, 2.05) is 0 Å². The van der Waals surface area contributed by atoms with Gasteiger partial charge in [0.05, 0.1) is 0 Å². The third kappa shape index (κ3) is 2.72. The van der Waals surface area contributed by atoms with E-state index in [1.165, 1.54) is 12.1 Å². The van der Waals surface area contributed by atoms with Crippen LogP contribution in [0, 0.1) is 0 Å². The van der Waals surface area contributed by atoms with Gasteiger partial charge >= 0.3 is 0 Å². The number of aliphatic hydroxyl groups is 1. The number of hydrogen-bond donors (Lipinski definition) is 1. The lowest BCUT2D eigenvalue weighted by Crippen LogP contribution is -2.51. The molecule has 1 N–H and O–H groups in total. The molecule has 1 aliphatic rings. The minimum atomic E-state index is -4.65. The van der Waals surface area contributed by atoms with Crippen molar-refractivity contribution in [3.63, 3.8) is 0 Å². The van der Waals surface area contributed by atoms with Gasteiger partial charge in [0.25, 0.3) is 22.9 Å². The van der Waals surface area contributed by atoms with Crippen LogP contribution in [0.4, 0.5) is 17.6 Å². The Morgan fingerprint density at radius 2 is 2.05 bits per heavy atom. The fourth-order valence-electron chi connectivity index (χ4n) is 1.89. The second-order valence-electron chi connectivity index (χ2n) is 4.57. The van der Waals surface area contributed by atoms with E-state index in [0.29, 0.717) is 11.3 Å². The summed E-state index contributed by atoms with van der Waals surface area (Å²) >= 11 is 0.806. The van der Waals surface area contributed by atoms with Crippen molar-refractivity contribution in [3.8, 4) is 0 Å². The van der Waals surface area contributed by atoms with E-state index in [1.54, 1.807) is 6.92 Å². The Morgan fingerprint density at radius 1 is 1.41 bits per heavy atom. The van der Waals surface area contributed by atoms with Crippen LogP contribution in [-0.2, 0) is 16.4 Å². The maximum atomic E-state index is 13.1. The highest BCUT2D eigenvalue weighted by Crippen LogP contribution is 2.38. The van der Waals surface area contributed by atoms with Crippen molar-refractivity contribution in [2.75, 3.05) is 0 Å². The molecule has 2 heterocycles. The smallest absolute Gasteiger partial charge is 0.291 e. The Morgan fingerprint density at radius 3 is 2.50 bits per heavy atom. The van der Waals surface area contributed by atoms with Crippen molar-refractivity contribution in [2.24, 2.45) is 5.10 Å². The summed E-state index contributed by atoms with van der Waals surface area (Å²) in [7, 11) is -4.65. The number of sulfonamides is 1. The van der Waals surface area contributed by atoms with E-state index in [2.05, 4.69) is 5.10 Å². The van der Waals surface area contributed by atoms with E-state index < -0.39 is 40.7 Å². The van der Waals surface area contributed by atoms with Gasteiger partial charge in [-0.05, 0) is 18.6 Å². The molecule has 5 nitrogen and oxygen atoms in total. The molecule has 1 aromatic rings. The van der Waals surface area contributed by atoms with Gasteiger partial charge in [-0.15, -0.1) is 15.8 Å². The van der Waals surface area contributed by atoms with Crippen molar-refractivity contribution in [1.29, 1.82) is 0 Å². The van der Waals surface area contributed by atoms with Crippen LogP contribution in [0.1, 0.15) is 18.2 Å². The van der Waals surface area contributed by atoms with Gasteiger partial charge in [-0.2, -0.15) is 13.5 Å². The number of thiophene rings is 1. The van der Waals surface area contributed by atoms with Crippen LogP contribution in [0.15, 0.2) is 21.4 Å². The molecule has 1 aliphatic heterocycles. The predicted molar refractivity (Wildman–Crippen MR) is 71.7 cm³/mol. The second kappa shape index (κ2) is 5.78. The van der Waals surface area contributed by atoms with Crippen LogP contribution in [0.3, 0.4) is 0 Å². The average molecular weight is 360 g/mol. The van der Waals surface area contributed by atoms with E-state index in [9.17, 15) is 31.1 Å². The number of hydrazone groups is 1. The Kier molecular flexibility index (Phi) is 4.51. The molecule has 0 aliphatic carbocycles. The molecular weight excluding hydrogens is 348 g/mol. The van der Waals surface area contributed by atoms with Crippen molar-refractivity contribution < 1.29 is 31.1 Å². The summed E-state index contributed by atoms with van der Waals surface area (Å²) < 4.78 is 75.5. The van der Waals surface area contributed by atoms with Crippen LogP contribution in [-0.4, -0.2) is 42.2 Å². The Bertz CT molecular complexity index is 689. The zero-order valence-corrected chi connectivity index (χ0v) is 12.8. The molecule has 0 unspecified atom stereocenters. The molecule has 1 aromatic heterocycles. The number of hydrogen-bond acceptors (Lipinski definition) is 5. The maximum Gasteiger partial charge on any atom is 0.291 e. The number of rotatable bonds is 5. The number of halogens is 4. The van der Waals surface area contributed by atoms with Crippen LogP contribution in [0.5, 0.6) is 0 Å². The monoisotopic (exact) mass is 360 g/mol. The fraction of sp³-hybridized carbons (Fsp3) is 0.545. The molecular formula is C11H12F4N2O3S2. The fourth-order valence-corrected chi connectivity index (χ4v) is 4.70. The molecule has 0 spiro atoms. The molecule has 1 atom stereocenters. The van der Waals surface area contributed by atoms with Gasteiger partial charge in [0.2, 0.25) is 5.72 Å². The molecule has 0 bridgehead atoms. The topological polar surface area (TPSA) is 70.0 Å². The quantitative estimate of drug-likeness (QED) is 0.819. The minimum Gasteiger partial charge on any atom is -0.364 e. The van der Waals surface area contributed by atoms with Crippen LogP contribution >= 0.6 is 11.3 Å². The molecule has 0 fully saturated rings. The molecule has 0 amide bonds. The first-order chi connectivity index (χ1) is 10.1. The Balaban J connectivity index is 2.50. The first-order valence-corrected chi connectivity index (χ1v) is 8.38. The first kappa shape index (κ1) is 17.2. The molecule has 0 aromatic carbocycles. The minimum absolute atomic E-state index is 0.294. The van der Waals surface area contributed by atoms with Gasteiger partial charge in [-0.1, -0.05) is 6.92 Å². The maximum absolute atomic E-state index is 13.1. The molecule has 22 heavy (non-hydrogen) atoms. The molecule has 2 rings (SSSR count). The summed E-state index contributed by atoms with van der Waals surface area (Å²) in [6.07, 6.45) is -7.55. The summed E-state index contributed by atoms with van der Waals surface area (Å²) in [5, 5.41) is 12.9. The standard InChI is InChI=1S/C11H12F4N2O3S2/c1-2-6-3-4-8(21-6)22(19,20)17-11(18,10(14)15)5-7(16-17)9(12)13/h3-4,9-10,18H,2,5H2,1H3/t11-/m1/s1. The normalized spacial score (nSPS) is 22.7. The van der Waals surface area contributed by atoms with Gasteiger partial charge < -0.3 is 5.11 Å². The zero-order chi connectivity index (χ0) is 16.7. The third-order valence-corrected chi connectivity index (χ3v) is 6.46. The van der Waals surface area contributed by atoms with E-state index in [0.717, 1.165) is 11.3 Å². The largest absolute Gasteiger partial charge is 0.364 e. The van der Waals surface area contributed by atoms with Gasteiger partial charge in [0.15, 0.2) is 0 Å². The van der Waals surface area contributed by atoms with Crippen LogP contribution in [0.25, 0.3) is 0 Å². The summed E-state index contributed by atoms with van der Waals surface area (Å²) in [6.45, 7) is 1.76.